The summed E-state index contributed by atoms with van der Waals surface area (Å²) in [6.07, 6.45) is 2.02. The molecule has 0 saturated carbocycles. The second-order valence-corrected chi connectivity index (χ2v) is 5.56. The molecule has 2 aromatic rings. The Balaban J connectivity index is 2.41. The highest BCUT2D eigenvalue weighted by Gasteiger charge is 2.17. The summed E-state index contributed by atoms with van der Waals surface area (Å²) in [5.74, 6) is -0.305. The van der Waals surface area contributed by atoms with Gasteiger partial charge in [0.1, 0.15) is 5.82 Å². The molecule has 0 aromatic heterocycles. The van der Waals surface area contributed by atoms with Crippen LogP contribution in [0.2, 0.25) is 5.02 Å². The zero-order valence-corrected chi connectivity index (χ0v) is 13.3. The molecule has 0 radical (unpaired) electrons. The number of aryl methyl sites for hydroxylation is 1. The summed E-state index contributed by atoms with van der Waals surface area (Å²) in [7, 11) is 0. The first-order valence-electron chi connectivity index (χ1n) is 7.42. The van der Waals surface area contributed by atoms with Crippen molar-refractivity contribution < 1.29 is 4.39 Å². The topological polar surface area (TPSA) is 12.0 Å². The Morgan fingerprint density at radius 1 is 1.14 bits per heavy atom. The van der Waals surface area contributed by atoms with Crippen molar-refractivity contribution in [1.29, 1.82) is 0 Å². The summed E-state index contributed by atoms with van der Waals surface area (Å²) in [4.78, 5) is 0. The minimum Gasteiger partial charge on any atom is -0.306 e. The monoisotopic (exact) mass is 305 g/mol. The summed E-state index contributed by atoms with van der Waals surface area (Å²) >= 11 is 6.25. The normalized spacial score (nSPS) is 12.4. The van der Waals surface area contributed by atoms with Crippen LogP contribution in [0.5, 0.6) is 0 Å². The summed E-state index contributed by atoms with van der Waals surface area (Å²) in [5.41, 5.74) is 3.37. The predicted molar refractivity (Wildman–Crippen MR) is 87.4 cm³/mol. The first-order valence-corrected chi connectivity index (χ1v) is 7.80. The third-order valence-corrected chi connectivity index (χ3v) is 3.89. The second-order valence-electron chi connectivity index (χ2n) is 5.15. The Morgan fingerprint density at radius 2 is 1.95 bits per heavy atom. The van der Waals surface area contributed by atoms with Crippen molar-refractivity contribution in [3.63, 3.8) is 0 Å². The number of rotatable bonds is 6. The number of hydrogen-bond acceptors (Lipinski definition) is 1. The minimum absolute atomic E-state index is 0.00968. The van der Waals surface area contributed by atoms with Crippen molar-refractivity contribution in [3.8, 4) is 0 Å². The molecule has 1 N–H and O–H groups in total. The number of hydrogen-bond donors (Lipinski definition) is 1. The summed E-state index contributed by atoms with van der Waals surface area (Å²) in [6.45, 7) is 5.14. The van der Waals surface area contributed by atoms with Gasteiger partial charge in [-0.1, -0.05) is 55.8 Å². The van der Waals surface area contributed by atoms with E-state index in [1.54, 1.807) is 6.07 Å². The zero-order valence-electron chi connectivity index (χ0n) is 12.5. The van der Waals surface area contributed by atoms with Gasteiger partial charge in [-0.2, -0.15) is 0 Å². The molecule has 1 unspecified atom stereocenters. The van der Waals surface area contributed by atoms with Gasteiger partial charge in [-0.25, -0.2) is 4.39 Å². The third kappa shape index (κ3) is 4.05. The molecule has 112 valence electrons. The standard InChI is InChI=1S/C18H21ClFN/c1-3-10-21-18(14-7-5-6-13(4-2)11-14)16-9-8-15(20)12-17(16)19/h5-9,11-12,18,21H,3-4,10H2,1-2H3. The Bertz CT molecular complexity index is 598. The molecule has 1 atom stereocenters. The third-order valence-electron chi connectivity index (χ3n) is 3.56. The first-order chi connectivity index (χ1) is 10.2. The van der Waals surface area contributed by atoms with Crippen LogP contribution in [0, 0.1) is 5.82 Å². The van der Waals surface area contributed by atoms with Crippen molar-refractivity contribution >= 4 is 11.6 Å². The Hall–Kier alpha value is -1.38. The smallest absolute Gasteiger partial charge is 0.124 e. The lowest BCUT2D eigenvalue weighted by molar-refractivity contribution is 0.593. The average Bonchev–Trinajstić information content (AvgIpc) is 2.49. The maximum Gasteiger partial charge on any atom is 0.124 e. The van der Waals surface area contributed by atoms with Crippen LogP contribution < -0.4 is 5.32 Å². The molecule has 0 aliphatic rings. The van der Waals surface area contributed by atoms with E-state index in [0.717, 1.165) is 30.5 Å². The van der Waals surface area contributed by atoms with Crippen LogP contribution >= 0.6 is 11.6 Å². The van der Waals surface area contributed by atoms with Gasteiger partial charge < -0.3 is 5.32 Å². The van der Waals surface area contributed by atoms with Gasteiger partial charge in [0.15, 0.2) is 0 Å². The fourth-order valence-electron chi connectivity index (χ4n) is 2.42. The minimum atomic E-state index is -0.305. The summed E-state index contributed by atoms with van der Waals surface area (Å²) in [6, 6.07) is 13.1. The largest absolute Gasteiger partial charge is 0.306 e. The average molecular weight is 306 g/mol. The van der Waals surface area contributed by atoms with E-state index in [4.69, 9.17) is 11.6 Å². The highest BCUT2D eigenvalue weighted by atomic mass is 35.5. The van der Waals surface area contributed by atoms with Crippen molar-refractivity contribution in [2.75, 3.05) is 6.54 Å². The molecular formula is C18H21ClFN. The molecule has 0 fully saturated rings. The molecule has 0 spiro atoms. The van der Waals surface area contributed by atoms with Gasteiger partial charge in [0.05, 0.1) is 6.04 Å². The molecule has 0 heterocycles. The molecule has 2 aromatic carbocycles. The van der Waals surface area contributed by atoms with Crippen molar-refractivity contribution in [1.82, 2.24) is 5.32 Å². The molecule has 0 amide bonds. The van der Waals surface area contributed by atoms with Gasteiger partial charge >= 0.3 is 0 Å². The summed E-state index contributed by atoms with van der Waals surface area (Å²) in [5, 5.41) is 3.97. The highest BCUT2D eigenvalue weighted by molar-refractivity contribution is 6.31. The molecule has 2 rings (SSSR count). The lowest BCUT2D eigenvalue weighted by Gasteiger charge is -2.21. The number of halogens is 2. The maximum absolute atomic E-state index is 13.3. The Labute approximate surface area is 131 Å². The molecule has 0 aliphatic heterocycles. The summed E-state index contributed by atoms with van der Waals surface area (Å²) < 4.78 is 13.3. The van der Waals surface area contributed by atoms with Gasteiger partial charge in [0.2, 0.25) is 0 Å². The van der Waals surface area contributed by atoms with Crippen molar-refractivity contribution in [3.05, 3.63) is 70.0 Å². The van der Waals surface area contributed by atoms with E-state index in [1.807, 2.05) is 0 Å². The lowest BCUT2D eigenvalue weighted by Crippen LogP contribution is -2.23. The van der Waals surface area contributed by atoms with Crippen LogP contribution in [0.4, 0.5) is 4.39 Å². The predicted octanol–water partition coefficient (Wildman–Crippen LogP) is 5.13. The van der Waals surface area contributed by atoms with Crippen LogP contribution in [-0.4, -0.2) is 6.54 Å². The van der Waals surface area contributed by atoms with E-state index in [9.17, 15) is 4.39 Å². The Morgan fingerprint density at radius 3 is 2.62 bits per heavy atom. The molecular weight excluding hydrogens is 285 g/mol. The quantitative estimate of drug-likeness (QED) is 0.780. The number of nitrogens with one attached hydrogen (secondary N) is 1. The van der Waals surface area contributed by atoms with E-state index < -0.39 is 0 Å². The van der Waals surface area contributed by atoms with Gasteiger partial charge in [-0.3, -0.25) is 0 Å². The van der Waals surface area contributed by atoms with E-state index in [0.29, 0.717) is 5.02 Å². The van der Waals surface area contributed by atoms with Gasteiger partial charge in [0.25, 0.3) is 0 Å². The van der Waals surface area contributed by atoms with E-state index in [2.05, 4.69) is 43.4 Å². The van der Waals surface area contributed by atoms with Crippen LogP contribution in [0.1, 0.15) is 43.0 Å². The van der Waals surface area contributed by atoms with Crippen LogP contribution in [-0.2, 0) is 6.42 Å². The maximum atomic E-state index is 13.3. The van der Waals surface area contributed by atoms with Crippen molar-refractivity contribution in [2.45, 2.75) is 32.7 Å². The van der Waals surface area contributed by atoms with Crippen molar-refractivity contribution in [2.24, 2.45) is 0 Å². The lowest BCUT2D eigenvalue weighted by atomic mass is 9.96. The fourth-order valence-corrected chi connectivity index (χ4v) is 2.70. The first kappa shape index (κ1) is 16.0. The molecule has 1 nitrogen and oxygen atoms in total. The Kier molecular flexibility index (Phi) is 5.77. The van der Waals surface area contributed by atoms with Gasteiger partial charge in [-0.15, -0.1) is 0 Å². The molecule has 0 aliphatic carbocycles. The molecule has 0 bridgehead atoms. The number of benzene rings is 2. The zero-order chi connectivity index (χ0) is 15.2. The SMILES string of the molecule is CCCNC(c1cccc(CC)c1)c1ccc(F)cc1Cl. The van der Waals surface area contributed by atoms with E-state index >= 15 is 0 Å². The van der Waals surface area contributed by atoms with Crippen LogP contribution in [0.3, 0.4) is 0 Å². The van der Waals surface area contributed by atoms with Crippen LogP contribution in [0.15, 0.2) is 42.5 Å². The van der Waals surface area contributed by atoms with E-state index in [1.165, 1.54) is 17.7 Å². The molecule has 21 heavy (non-hydrogen) atoms. The molecule has 3 heteroatoms. The fraction of sp³-hybridized carbons (Fsp3) is 0.333. The van der Waals surface area contributed by atoms with E-state index in [-0.39, 0.29) is 11.9 Å². The van der Waals surface area contributed by atoms with Gasteiger partial charge in [0, 0.05) is 5.02 Å². The van der Waals surface area contributed by atoms with Gasteiger partial charge in [-0.05, 0) is 48.2 Å². The highest BCUT2D eigenvalue weighted by Crippen LogP contribution is 2.29. The second kappa shape index (κ2) is 7.58. The molecule has 0 saturated heterocycles. The van der Waals surface area contributed by atoms with Crippen LogP contribution in [0.25, 0.3) is 0 Å².